The molecule has 0 spiro atoms. The highest BCUT2D eigenvalue weighted by molar-refractivity contribution is 8.13. The molecule has 0 aromatic heterocycles. The molecular formula is C17H17Cl2NO5S. The zero-order valence-electron chi connectivity index (χ0n) is 14.1. The first-order valence-corrected chi connectivity index (χ1v) is 10.2. The van der Waals surface area contributed by atoms with Crippen molar-refractivity contribution in [3.8, 4) is 11.5 Å². The molecule has 140 valence electrons. The van der Waals surface area contributed by atoms with E-state index in [0.717, 1.165) is 0 Å². The number of halogens is 2. The van der Waals surface area contributed by atoms with Crippen LogP contribution in [0.4, 0.5) is 0 Å². The van der Waals surface area contributed by atoms with E-state index in [4.69, 9.17) is 31.8 Å². The van der Waals surface area contributed by atoms with Crippen LogP contribution in [0.2, 0.25) is 5.02 Å². The maximum Gasteiger partial charge on any atom is 0.261 e. The summed E-state index contributed by atoms with van der Waals surface area (Å²) in [5, 5.41) is 3.03. The Balaban J connectivity index is 2.21. The van der Waals surface area contributed by atoms with Gasteiger partial charge in [0.05, 0.1) is 29.7 Å². The summed E-state index contributed by atoms with van der Waals surface area (Å²) in [6.45, 7) is 0.180. The van der Waals surface area contributed by atoms with Crippen molar-refractivity contribution in [2.24, 2.45) is 0 Å². The molecule has 0 bridgehead atoms. The van der Waals surface area contributed by atoms with Gasteiger partial charge in [-0.1, -0.05) is 23.7 Å². The maximum atomic E-state index is 12.2. The second-order valence-corrected chi connectivity index (χ2v) is 8.18. The predicted molar refractivity (Wildman–Crippen MR) is 100 cm³/mol. The first-order valence-electron chi connectivity index (χ1n) is 7.50. The summed E-state index contributed by atoms with van der Waals surface area (Å²) in [6.07, 6.45) is 0.220. The summed E-state index contributed by atoms with van der Waals surface area (Å²) >= 11 is 5.99. The van der Waals surface area contributed by atoms with Crippen molar-refractivity contribution in [2.75, 3.05) is 20.8 Å². The Bertz CT molecular complexity index is 915. The van der Waals surface area contributed by atoms with E-state index in [1.54, 1.807) is 24.3 Å². The topological polar surface area (TPSA) is 81.7 Å². The molecule has 1 N–H and O–H groups in total. The van der Waals surface area contributed by atoms with Crippen LogP contribution in [-0.2, 0) is 15.5 Å². The van der Waals surface area contributed by atoms with Crippen LogP contribution in [0, 0.1) is 0 Å². The smallest absolute Gasteiger partial charge is 0.261 e. The van der Waals surface area contributed by atoms with Gasteiger partial charge in [-0.2, -0.15) is 0 Å². The van der Waals surface area contributed by atoms with Crippen molar-refractivity contribution >= 4 is 37.2 Å². The Labute approximate surface area is 161 Å². The number of carbonyl (C=O) groups excluding carboxylic acids is 1. The third-order valence-electron chi connectivity index (χ3n) is 3.63. The molecule has 1 amide bonds. The van der Waals surface area contributed by atoms with E-state index < -0.39 is 9.05 Å². The van der Waals surface area contributed by atoms with E-state index in [0.29, 0.717) is 21.9 Å². The number of nitrogens with one attached hydrogen (secondary N) is 1. The molecule has 0 unspecified atom stereocenters. The monoisotopic (exact) mass is 417 g/mol. The molecule has 0 saturated carbocycles. The minimum Gasteiger partial charge on any atom is -0.493 e. The second-order valence-electron chi connectivity index (χ2n) is 5.24. The molecule has 6 nitrogen and oxygen atoms in total. The summed E-state index contributed by atoms with van der Waals surface area (Å²) < 4.78 is 34.0. The van der Waals surface area contributed by atoms with Crippen LogP contribution in [0.5, 0.6) is 11.5 Å². The quantitative estimate of drug-likeness (QED) is 0.699. The minimum absolute atomic E-state index is 0.0937. The van der Waals surface area contributed by atoms with Crippen molar-refractivity contribution in [2.45, 2.75) is 11.3 Å². The molecule has 0 fully saturated rings. The molecule has 0 aliphatic rings. The Morgan fingerprint density at radius 2 is 1.73 bits per heavy atom. The number of benzene rings is 2. The molecule has 2 aromatic rings. The first-order chi connectivity index (χ1) is 12.3. The molecule has 2 aromatic carbocycles. The molecule has 26 heavy (non-hydrogen) atoms. The molecular weight excluding hydrogens is 401 g/mol. The average Bonchev–Trinajstić information content (AvgIpc) is 2.60. The lowest BCUT2D eigenvalue weighted by atomic mass is 10.1. The van der Waals surface area contributed by atoms with E-state index in [1.165, 1.54) is 26.4 Å². The number of hydrogen-bond acceptors (Lipinski definition) is 5. The molecule has 0 radical (unpaired) electrons. The van der Waals surface area contributed by atoms with Gasteiger partial charge in [0.25, 0.3) is 15.0 Å². The number of amides is 1. The molecule has 0 aliphatic heterocycles. The van der Waals surface area contributed by atoms with E-state index in [2.05, 4.69) is 5.32 Å². The summed E-state index contributed by atoms with van der Waals surface area (Å²) in [5.41, 5.74) is 0.740. The van der Waals surface area contributed by atoms with Crippen molar-refractivity contribution in [1.82, 2.24) is 5.32 Å². The van der Waals surface area contributed by atoms with Crippen LogP contribution in [0.1, 0.15) is 15.9 Å². The highest BCUT2D eigenvalue weighted by atomic mass is 35.7. The van der Waals surface area contributed by atoms with Crippen LogP contribution in [0.15, 0.2) is 41.3 Å². The van der Waals surface area contributed by atoms with Crippen molar-refractivity contribution < 1.29 is 22.7 Å². The number of methoxy groups -OCH3 is 2. The molecule has 2 rings (SSSR count). The summed E-state index contributed by atoms with van der Waals surface area (Å²) in [5.74, 6) is 0.255. The highest BCUT2D eigenvalue weighted by Gasteiger charge is 2.20. The Kier molecular flexibility index (Phi) is 6.75. The van der Waals surface area contributed by atoms with Crippen LogP contribution < -0.4 is 14.8 Å². The van der Waals surface area contributed by atoms with Gasteiger partial charge in [0.15, 0.2) is 11.5 Å². The van der Waals surface area contributed by atoms with E-state index in [-0.39, 0.29) is 29.5 Å². The Hall–Kier alpha value is -1.96. The van der Waals surface area contributed by atoms with Crippen molar-refractivity contribution in [1.29, 1.82) is 0 Å². The zero-order chi connectivity index (χ0) is 19.3. The minimum atomic E-state index is -4.00. The Morgan fingerprint density at radius 1 is 1.12 bits per heavy atom. The predicted octanol–water partition coefficient (Wildman–Crippen LogP) is 3.26. The first kappa shape index (κ1) is 20.4. The van der Waals surface area contributed by atoms with Gasteiger partial charge in [-0.25, -0.2) is 8.42 Å². The average molecular weight is 418 g/mol. The van der Waals surface area contributed by atoms with E-state index in [9.17, 15) is 13.2 Å². The molecule has 0 atom stereocenters. The zero-order valence-corrected chi connectivity index (χ0v) is 16.4. The van der Waals surface area contributed by atoms with Gasteiger partial charge in [-0.3, -0.25) is 4.79 Å². The molecule has 0 aliphatic carbocycles. The van der Waals surface area contributed by atoms with E-state index in [1.807, 2.05) is 0 Å². The summed E-state index contributed by atoms with van der Waals surface area (Å²) in [7, 11) is 4.35. The van der Waals surface area contributed by atoms with Gasteiger partial charge in [-0.05, 0) is 30.2 Å². The number of ether oxygens (including phenoxy) is 2. The van der Waals surface area contributed by atoms with Gasteiger partial charge in [0.2, 0.25) is 0 Å². The normalized spacial score (nSPS) is 11.1. The number of rotatable bonds is 7. The number of carbonyl (C=O) groups is 1. The van der Waals surface area contributed by atoms with Crippen LogP contribution in [-0.4, -0.2) is 35.1 Å². The van der Waals surface area contributed by atoms with Gasteiger partial charge in [-0.15, -0.1) is 0 Å². The lowest BCUT2D eigenvalue weighted by Crippen LogP contribution is -2.26. The van der Waals surface area contributed by atoms with E-state index >= 15 is 0 Å². The maximum absolute atomic E-state index is 12.2. The fraction of sp³-hybridized carbons (Fsp3) is 0.235. The SMILES string of the molecule is COc1cc(CCNC(=O)c2ccccc2Cl)c(S(=O)(=O)Cl)cc1OC. The standard InChI is InChI=1S/C17H17Cl2NO5S/c1-24-14-9-11(16(26(19,22)23)10-15(14)25-2)7-8-20-17(21)12-5-3-4-6-13(12)18/h3-6,9-10H,7-8H2,1-2H3,(H,20,21). The lowest BCUT2D eigenvalue weighted by Gasteiger charge is -2.14. The highest BCUT2D eigenvalue weighted by Crippen LogP contribution is 2.34. The molecule has 0 saturated heterocycles. The number of hydrogen-bond donors (Lipinski definition) is 1. The van der Waals surface area contributed by atoms with Crippen molar-refractivity contribution in [3.05, 3.63) is 52.5 Å². The van der Waals surface area contributed by atoms with Gasteiger partial charge >= 0.3 is 0 Å². The van der Waals surface area contributed by atoms with Crippen LogP contribution >= 0.6 is 22.3 Å². The summed E-state index contributed by atoms with van der Waals surface area (Å²) in [6, 6.07) is 9.46. The van der Waals surface area contributed by atoms with Gasteiger partial charge < -0.3 is 14.8 Å². The van der Waals surface area contributed by atoms with Gasteiger partial charge in [0, 0.05) is 23.3 Å². The fourth-order valence-corrected chi connectivity index (χ4v) is 3.75. The van der Waals surface area contributed by atoms with Crippen LogP contribution in [0.25, 0.3) is 0 Å². The molecule has 9 heteroatoms. The lowest BCUT2D eigenvalue weighted by molar-refractivity contribution is 0.0954. The molecule has 0 heterocycles. The van der Waals surface area contributed by atoms with Crippen LogP contribution in [0.3, 0.4) is 0 Å². The summed E-state index contributed by atoms with van der Waals surface area (Å²) in [4.78, 5) is 12.1. The van der Waals surface area contributed by atoms with Crippen molar-refractivity contribution in [3.63, 3.8) is 0 Å². The third-order valence-corrected chi connectivity index (χ3v) is 5.36. The third kappa shape index (κ3) is 4.81. The fourth-order valence-electron chi connectivity index (χ4n) is 2.38. The second kappa shape index (κ2) is 8.62. The largest absolute Gasteiger partial charge is 0.493 e. The van der Waals surface area contributed by atoms with Gasteiger partial charge in [0.1, 0.15) is 0 Å². The Morgan fingerprint density at radius 3 is 2.31 bits per heavy atom.